The minimum Gasteiger partial charge on any atom is -0.384 e. The van der Waals surface area contributed by atoms with Crippen LogP contribution in [0.25, 0.3) is 10.5 Å². The second kappa shape index (κ2) is 4.39. The summed E-state index contributed by atoms with van der Waals surface area (Å²) in [6.45, 7) is 9.22. The molecule has 0 aliphatic rings. The minimum absolute atomic E-state index is 0.167. The van der Waals surface area contributed by atoms with Crippen molar-refractivity contribution < 1.29 is 4.74 Å². The number of fused-ring (bicyclic) bond motifs is 1. The predicted octanol–water partition coefficient (Wildman–Crippen LogP) is 1.07. The molecule has 0 aliphatic carbocycles. The van der Waals surface area contributed by atoms with Crippen molar-refractivity contribution in [3.05, 3.63) is 39.2 Å². The number of rotatable bonds is 3. The molecule has 0 aliphatic heterocycles. The molecule has 0 radical (unpaired) electrons. The SMILES string of the molecule is [C-]#[N+]c1c[nH]n2c(=O)c(CCOC)c(C)nc12. The third-order valence-electron chi connectivity index (χ3n) is 2.62. The van der Waals surface area contributed by atoms with Crippen LogP contribution in [0.5, 0.6) is 0 Å². The summed E-state index contributed by atoms with van der Waals surface area (Å²) in [6, 6.07) is 0. The number of methoxy groups -OCH3 is 1. The van der Waals surface area contributed by atoms with E-state index in [2.05, 4.69) is 14.9 Å². The molecule has 6 nitrogen and oxygen atoms in total. The zero-order chi connectivity index (χ0) is 12.4. The van der Waals surface area contributed by atoms with Crippen molar-refractivity contribution in [1.29, 1.82) is 0 Å². The van der Waals surface area contributed by atoms with Crippen molar-refractivity contribution in [3.8, 4) is 0 Å². The van der Waals surface area contributed by atoms with E-state index in [-0.39, 0.29) is 5.56 Å². The van der Waals surface area contributed by atoms with E-state index >= 15 is 0 Å². The zero-order valence-corrected chi connectivity index (χ0v) is 9.65. The van der Waals surface area contributed by atoms with Gasteiger partial charge in [-0.1, -0.05) is 0 Å². The lowest BCUT2D eigenvalue weighted by atomic mass is 10.2. The van der Waals surface area contributed by atoms with Gasteiger partial charge in [-0.15, -0.1) is 0 Å². The topological polar surface area (TPSA) is 63.8 Å². The van der Waals surface area contributed by atoms with Gasteiger partial charge in [-0.25, -0.2) is 14.3 Å². The molecule has 1 N–H and O–H groups in total. The van der Waals surface area contributed by atoms with Crippen LogP contribution in [0.15, 0.2) is 11.0 Å². The molecule has 2 heterocycles. The molecule has 88 valence electrons. The van der Waals surface area contributed by atoms with Crippen LogP contribution in [0, 0.1) is 13.5 Å². The maximum absolute atomic E-state index is 12.1. The Morgan fingerprint density at radius 2 is 2.41 bits per heavy atom. The van der Waals surface area contributed by atoms with Gasteiger partial charge in [0.05, 0.1) is 13.2 Å². The van der Waals surface area contributed by atoms with Gasteiger partial charge in [-0.3, -0.25) is 4.79 Å². The first-order valence-corrected chi connectivity index (χ1v) is 5.15. The number of aromatic nitrogens is 3. The molecule has 0 spiro atoms. The van der Waals surface area contributed by atoms with Crippen LogP contribution in [-0.2, 0) is 11.2 Å². The van der Waals surface area contributed by atoms with Gasteiger partial charge in [-0.2, -0.15) is 0 Å². The number of nitrogens with zero attached hydrogens (tertiary/aromatic N) is 3. The summed E-state index contributed by atoms with van der Waals surface area (Å²) in [4.78, 5) is 19.7. The maximum Gasteiger partial charge on any atom is 0.274 e. The molecule has 0 amide bonds. The van der Waals surface area contributed by atoms with E-state index in [0.717, 1.165) is 0 Å². The molecule has 6 heteroatoms. The van der Waals surface area contributed by atoms with Crippen LogP contribution < -0.4 is 5.56 Å². The molecule has 2 rings (SSSR count). The molecule has 2 aromatic rings. The fourth-order valence-electron chi connectivity index (χ4n) is 1.72. The molecule has 0 bridgehead atoms. The Labute approximate surface area is 97.7 Å². The maximum atomic E-state index is 12.1. The average Bonchev–Trinajstić information content (AvgIpc) is 2.72. The molecular formula is C11H12N4O2. The molecule has 0 unspecified atom stereocenters. The fraction of sp³-hybridized carbons (Fsp3) is 0.364. The van der Waals surface area contributed by atoms with Crippen LogP contribution >= 0.6 is 0 Å². The summed E-state index contributed by atoms with van der Waals surface area (Å²) in [6.07, 6.45) is 2.00. The third kappa shape index (κ3) is 1.81. The van der Waals surface area contributed by atoms with Crippen molar-refractivity contribution in [3.63, 3.8) is 0 Å². The summed E-state index contributed by atoms with van der Waals surface area (Å²) >= 11 is 0. The Hall–Kier alpha value is -2.13. The first-order valence-electron chi connectivity index (χ1n) is 5.15. The monoisotopic (exact) mass is 232 g/mol. The highest BCUT2D eigenvalue weighted by Crippen LogP contribution is 2.17. The number of hydrogen-bond donors (Lipinski definition) is 1. The molecule has 0 saturated carbocycles. The normalized spacial score (nSPS) is 10.6. The number of nitrogens with one attached hydrogen (secondary N) is 1. The van der Waals surface area contributed by atoms with Gasteiger partial charge < -0.3 is 9.84 Å². The smallest absolute Gasteiger partial charge is 0.274 e. The van der Waals surface area contributed by atoms with Gasteiger partial charge in [0.15, 0.2) is 5.65 Å². The molecule has 0 atom stereocenters. The molecule has 0 saturated heterocycles. The number of H-pyrrole nitrogens is 1. The standard InChI is InChI=1S/C11H12N4O2/c1-7-8(4-5-17-3)11(16)15-10(14-7)9(12-2)6-13-15/h6,13H,4-5H2,1,3H3. The number of hydrogen-bond acceptors (Lipinski definition) is 3. The highest BCUT2D eigenvalue weighted by molar-refractivity contribution is 5.67. The molecule has 2 aromatic heterocycles. The van der Waals surface area contributed by atoms with E-state index in [1.54, 1.807) is 14.0 Å². The van der Waals surface area contributed by atoms with E-state index in [9.17, 15) is 4.79 Å². The summed E-state index contributed by atoms with van der Waals surface area (Å²) < 4.78 is 6.26. The van der Waals surface area contributed by atoms with E-state index < -0.39 is 0 Å². The molecule has 0 fully saturated rings. The Morgan fingerprint density at radius 3 is 3.06 bits per heavy atom. The van der Waals surface area contributed by atoms with Crippen LogP contribution in [0.4, 0.5) is 5.69 Å². The van der Waals surface area contributed by atoms with E-state index in [1.165, 1.54) is 10.7 Å². The van der Waals surface area contributed by atoms with Crippen LogP contribution in [0.3, 0.4) is 0 Å². The third-order valence-corrected chi connectivity index (χ3v) is 2.62. The lowest BCUT2D eigenvalue weighted by molar-refractivity contribution is 0.201. The highest BCUT2D eigenvalue weighted by atomic mass is 16.5. The Kier molecular flexibility index (Phi) is 2.93. The quantitative estimate of drug-likeness (QED) is 0.805. The number of aryl methyl sites for hydroxylation is 1. The Balaban J connectivity index is 2.66. The lowest BCUT2D eigenvalue weighted by Gasteiger charge is -2.04. The van der Waals surface area contributed by atoms with Gasteiger partial charge in [0.25, 0.3) is 5.56 Å². The van der Waals surface area contributed by atoms with Crippen molar-refractivity contribution in [2.45, 2.75) is 13.3 Å². The van der Waals surface area contributed by atoms with Gasteiger partial charge in [0, 0.05) is 31.0 Å². The first kappa shape index (κ1) is 11.4. The van der Waals surface area contributed by atoms with Crippen LogP contribution in [0.1, 0.15) is 11.3 Å². The predicted molar refractivity (Wildman–Crippen MR) is 62.4 cm³/mol. The van der Waals surface area contributed by atoms with Gasteiger partial charge in [-0.05, 0) is 6.92 Å². The van der Waals surface area contributed by atoms with Gasteiger partial charge >= 0.3 is 0 Å². The van der Waals surface area contributed by atoms with E-state index in [1.807, 2.05) is 0 Å². The largest absolute Gasteiger partial charge is 0.384 e. The Morgan fingerprint density at radius 1 is 1.65 bits per heavy atom. The van der Waals surface area contributed by atoms with Crippen molar-refractivity contribution in [2.24, 2.45) is 0 Å². The Bertz CT molecular complexity index is 648. The summed E-state index contributed by atoms with van der Waals surface area (Å²) in [5, 5.41) is 2.74. The zero-order valence-electron chi connectivity index (χ0n) is 9.65. The molecule has 17 heavy (non-hydrogen) atoms. The minimum atomic E-state index is -0.167. The summed E-state index contributed by atoms with van der Waals surface area (Å²) in [5.41, 5.74) is 1.82. The average molecular weight is 232 g/mol. The van der Waals surface area contributed by atoms with Gasteiger partial charge in [0.2, 0.25) is 5.69 Å². The number of ether oxygens (including phenoxy) is 1. The van der Waals surface area contributed by atoms with Crippen molar-refractivity contribution in [1.82, 2.24) is 14.6 Å². The van der Waals surface area contributed by atoms with Crippen LogP contribution in [-0.4, -0.2) is 28.3 Å². The number of aromatic amines is 1. The second-order valence-electron chi connectivity index (χ2n) is 3.65. The van der Waals surface area contributed by atoms with E-state index in [4.69, 9.17) is 11.3 Å². The second-order valence-corrected chi connectivity index (χ2v) is 3.65. The summed E-state index contributed by atoms with van der Waals surface area (Å²) in [7, 11) is 1.59. The first-order chi connectivity index (χ1) is 8.19. The highest BCUT2D eigenvalue weighted by Gasteiger charge is 2.13. The fourth-order valence-corrected chi connectivity index (χ4v) is 1.72. The molecule has 0 aromatic carbocycles. The van der Waals surface area contributed by atoms with Crippen LogP contribution in [0.2, 0.25) is 0 Å². The van der Waals surface area contributed by atoms with Gasteiger partial charge in [0.1, 0.15) is 0 Å². The van der Waals surface area contributed by atoms with E-state index in [0.29, 0.717) is 35.6 Å². The summed E-state index contributed by atoms with van der Waals surface area (Å²) in [5.74, 6) is 0. The lowest BCUT2D eigenvalue weighted by Crippen LogP contribution is -2.22. The molecular weight excluding hydrogens is 220 g/mol. The van der Waals surface area contributed by atoms with Crippen molar-refractivity contribution in [2.75, 3.05) is 13.7 Å². The van der Waals surface area contributed by atoms with Crippen molar-refractivity contribution >= 4 is 11.3 Å².